The highest BCUT2D eigenvalue weighted by Crippen LogP contribution is 2.17. The molecule has 0 unspecified atom stereocenters. The molecule has 0 aliphatic carbocycles. The molecule has 0 saturated heterocycles. The molecule has 1 atom stereocenters. The number of amides is 1. The van der Waals surface area contributed by atoms with Crippen molar-refractivity contribution in [2.45, 2.75) is 6.10 Å². The lowest BCUT2D eigenvalue weighted by Crippen LogP contribution is -2.25. The molecule has 0 aromatic heterocycles. The summed E-state index contributed by atoms with van der Waals surface area (Å²) in [5.74, 6) is -0.562. The van der Waals surface area contributed by atoms with E-state index in [0.29, 0.717) is 5.56 Å². The van der Waals surface area contributed by atoms with Crippen molar-refractivity contribution in [2.75, 3.05) is 0 Å². The van der Waals surface area contributed by atoms with E-state index in [0.717, 1.165) is 16.3 Å². The molecule has 0 heterocycles. The molecule has 0 aliphatic heterocycles. The van der Waals surface area contributed by atoms with Crippen LogP contribution in [0.2, 0.25) is 0 Å². The van der Waals surface area contributed by atoms with Crippen LogP contribution < -0.4 is 5.43 Å². The van der Waals surface area contributed by atoms with Gasteiger partial charge in [-0.25, -0.2) is 5.43 Å². The lowest BCUT2D eigenvalue weighted by molar-refractivity contribution is -0.129. The van der Waals surface area contributed by atoms with Gasteiger partial charge in [0.25, 0.3) is 5.91 Å². The second-order valence-electron chi connectivity index (χ2n) is 5.12. The Bertz CT molecular complexity index is 839. The van der Waals surface area contributed by atoms with Crippen molar-refractivity contribution in [2.24, 2.45) is 5.10 Å². The maximum atomic E-state index is 11.9. The summed E-state index contributed by atoms with van der Waals surface area (Å²) in [5.41, 5.74) is 3.81. The van der Waals surface area contributed by atoms with E-state index >= 15 is 0 Å². The van der Waals surface area contributed by atoms with Crippen LogP contribution >= 0.6 is 0 Å². The van der Waals surface area contributed by atoms with Crippen molar-refractivity contribution in [1.29, 1.82) is 0 Å². The van der Waals surface area contributed by atoms with Crippen molar-refractivity contribution >= 4 is 22.9 Å². The van der Waals surface area contributed by atoms with Gasteiger partial charge < -0.3 is 5.11 Å². The summed E-state index contributed by atoms with van der Waals surface area (Å²) < 4.78 is 0. The van der Waals surface area contributed by atoms with Crippen molar-refractivity contribution in [3.05, 3.63) is 83.9 Å². The number of rotatable bonds is 4. The second kappa shape index (κ2) is 6.85. The van der Waals surface area contributed by atoms with Gasteiger partial charge in [-0.1, -0.05) is 72.8 Å². The van der Waals surface area contributed by atoms with Gasteiger partial charge in [0.1, 0.15) is 0 Å². The smallest absolute Gasteiger partial charge is 0.273 e. The highest BCUT2D eigenvalue weighted by atomic mass is 16.3. The molecular formula is C19H16N2O2. The average molecular weight is 304 g/mol. The molecule has 0 aliphatic rings. The van der Waals surface area contributed by atoms with E-state index in [1.54, 1.807) is 30.5 Å². The molecule has 4 heteroatoms. The number of aliphatic hydroxyl groups excluding tert-OH is 1. The SMILES string of the molecule is O=C(N/N=C\c1cccc2ccccc12)[C@@H](O)c1ccccc1. The highest BCUT2D eigenvalue weighted by Gasteiger charge is 2.15. The number of benzene rings is 3. The topological polar surface area (TPSA) is 61.7 Å². The van der Waals surface area contributed by atoms with E-state index in [2.05, 4.69) is 10.5 Å². The fourth-order valence-electron chi connectivity index (χ4n) is 2.38. The van der Waals surface area contributed by atoms with Crippen molar-refractivity contribution < 1.29 is 9.90 Å². The van der Waals surface area contributed by atoms with E-state index in [1.807, 2.05) is 48.5 Å². The monoisotopic (exact) mass is 304 g/mol. The fourth-order valence-corrected chi connectivity index (χ4v) is 2.38. The van der Waals surface area contributed by atoms with Gasteiger partial charge in [0.15, 0.2) is 6.10 Å². The van der Waals surface area contributed by atoms with Crippen LogP contribution in [0.5, 0.6) is 0 Å². The number of hydrogen-bond donors (Lipinski definition) is 2. The van der Waals surface area contributed by atoms with Crippen molar-refractivity contribution in [1.82, 2.24) is 5.43 Å². The van der Waals surface area contributed by atoms with Crippen LogP contribution in [0.4, 0.5) is 0 Å². The number of carbonyl (C=O) groups is 1. The first-order valence-corrected chi connectivity index (χ1v) is 7.29. The van der Waals surface area contributed by atoms with Gasteiger partial charge in [0.05, 0.1) is 6.21 Å². The molecule has 0 saturated carbocycles. The number of nitrogens with zero attached hydrogens (tertiary/aromatic N) is 1. The summed E-state index contributed by atoms with van der Waals surface area (Å²) in [7, 11) is 0. The zero-order valence-electron chi connectivity index (χ0n) is 12.4. The highest BCUT2D eigenvalue weighted by molar-refractivity contribution is 6.00. The normalized spacial score (nSPS) is 12.4. The van der Waals surface area contributed by atoms with Crippen LogP contribution in [0.3, 0.4) is 0 Å². The van der Waals surface area contributed by atoms with Gasteiger partial charge in [0.2, 0.25) is 0 Å². The van der Waals surface area contributed by atoms with Crippen LogP contribution in [0.25, 0.3) is 10.8 Å². The number of fused-ring (bicyclic) bond motifs is 1. The quantitative estimate of drug-likeness (QED) is 0.575. The van der Waals surface area contributed by atoms with Crippen LogP contribution in [-0.4, -0.2) is 17.2 Å². The summed E-state index contributed by atoms with van der Waals surface area (Å²) in [6, 6.07) is 22.6. The van der Waals surface area contributed by atoms with E-state index < -0.39 is 12.0 Å². The van der Waals surface area contributed by atoms with Crippen LogP contribution in [0.1, 0.15) is 17.2 Å². The number of carbonyl (C=O) groups excluding carboxylic acids is 1. The third kappa shape index (κ3) is 3.44. The molecule has 0 fully saturated rings. The Hall–Kier alpha value is -2.98. The molecule has 23 heavy (non-hydrogen) atoms. The Morgan fingerprint density at radius 2 is 1.65 bits per heavy atom. The number of nitrogens with one attached hydrogen (secondary N) is 1. The van der Waals surface area contributed by atoms with Gasteiger partial charge >= 0.3 is 0 Å². The lowest BCUT2D eigenvalue weighted by atomic mass is 10.1. The van der Waals surface area contributed by atoms with Crippen LogP contribution in [0, 0.1) is 0 Å². The molecule has 3 aromatic carbocycles. The summed E-state index contributed by atoms with van der Waals surface area (Å²) in [6.07, 6.45) is 0.346. The van der Waals surface area contributed by atoms with E-state index in [4.69, 9.17) is 0 Å². The van der Waals surface area contributed by atoms with Crippen LogP contribution in [-0.2, 0) is 4.79 Å². The van der Waals surface area contributed by atoms with Gasteiger partial charge in [-0.3, -0.25) is 4.79 Å². The molecule has 0 bridgehead atoms. The standard InChI is InChI=1S/C19H16N2O2/c22-18(15-8-2-1-3-9-15)19(23)21-20-13-16-11-6-10-14-7-4-5-12-17(14)16/h1-13,18,22H,(H,21,23)/b20-13-/t18-/m0/s1. The Labute approximate surface area is 134 Å². The van der Waals surface area contributed by atoms with Crippen molar-refractivity contribution in [3.63, 3.8) is 0 Å². The van der Waals surface area contributed by atoms with Crippen molar-refractivity contribution in [3.8, 4) is 0 Å². The predicted octanol–water partition coefficient (Wildman–Crippen LogP) is 3.02. The van der Waals surface area contributed by atoms with Gasteiger partial charge in [-0.2, -0.15) is 5.10 Å². The minimum absolute atomic E-state index is 0.533. The molecule has 3 rings (SSSR count). The molecular weight excluding hydrogens is 288 g/mol. The van der Waals surface area contributed by atoms with Gasteiger partial charge in [0, 0.05) is 5.56 Å². The largest absolute Gasteiger partial charge is 0.378 e. The zero-order chi connectivity index (χ0) is 16.1. The predicted molar refractivity (Wildman–Crippen MR) is 91.1 cm³/mol. The lowest BCUT2D eigenvalue weighted by Gasteiger charge is -2.08. The summed E-state index contributed by atoms with van der Waals surface area (Å²) in [5, 5.41) is 16.1. The van der Waals surface area contributed by atoms with E-state index in [-0.39, 0.29) is 0 Å². The summed E-state index contributed by atoms with van der Waals surface area (Å²) >= 11 is 0. The molecule has 0 radical (unpaired) electrons. The Morgan fingerprint density at radius 1 is 0.957 bits per heavy atom. The maximum absolute atomic E-state index is 11.9. The molecule has 114 valence electrons. The first-order chi connectivity index (χ1) is 11.3. The molecule has 0 spiro atoms. The third-order valence-corrected chi connectivity index (χ3v) is 3.57. The Balaban J connectivity index is 1.72. The van der Waals surface area contributed by atoms with E-state index in [9.17, 15) is 9.90 Å². The summed E-state index contributed by atoms with van der Waals surface area (Å²) in [4.78, 5) is 11.9. The third-order valence-electron chi connectivity index (χ3n) is 3.57. The maximum Gasteiger partial charge on any atom is 0.273 e. The molecule has 2 N–H and O–H groups in total. The van der Waals surface area contributed by atoms with E-state index in [1.165, 1.54) is 0 Å². The second-order valence-corrected chi connectivity index (χ2v) is 5.12. The first-order valence-electron chi connectivity index (χ1n) is 7.29. The molecule has 3 aromatic rings. The summed E-state index contributed by atoms with van der Waals surface area (Å²) in [6.45, 7) is 0. The Morgan fingerprint density at radius 3 is 2.48 bits per heavy atom. The minimum Gasteiger partial charge on any atom is -0.378 e. The minimum atomic E-state index is -1.24. The number of hydrogen-bond acceptors (Lipinski definition) is 3. The number of aliphatic hydroxyl groups is 1. The fraction of sp³-hybridized carbons (Fsp3) is 0.0526. The zero-order valence-corrected chi connectivity index (χ0v) is 12.4. The van der Waals surface area contributed by atoms with Crippen LogP contribution in [0.15, 0.2) is 77.9 Å². The van der Waals surface area contributed by atoms with Gasteiger partial charge in [-0.15, -0.1) is 0 Å². The average Bonchev–Trinajstić information content (AvgIpc) is 2.62. The molecule has 1 amide bonds. The first kappa shape index (κ1) is 14.9. The molecule has 4 nitrogen and oxygen atoms in total. The number of hydrazone groups is 1. The van der Waals surface area contributed by atoms with Gasteiger partial charge in [-0.05, 0) is 16.3 Å². The Kier molecular flexibility index (Phi) is 4.45.